The molecular formula is C37H29FN2O. The third kappa shape index (κ3) is 4.02. The van der Waals surface area contributed by atoms with Gasteiger partial charge in [0, 0.05) is 12.1 Å². The Morgan fingerprint density at radius 1 is 0.683 bits per heavy atom. The molecule has 1 aromatic heterocycles. The van der Waals surface area contributed by atoms with Crippen LogP contribution in [-0.2, 0) is 11.1 Å². The summed E-state index contributed by atoms with van der Waals surface area (Å²) in [5.74, 6) is -0.350. The molecule has 0 aliphatic heterocycles. The van der Waals surface area contributed by atoms with Gasteiger partial charge in [-0.2, -0.15) is 0 Å². The molecule has 0 saturated heterocycles. The molecule has 0 radical (unpaired) electrons. The van der Waals surface area contributed by atoms with E-state index >= 15 is 0 Å². The average molecular weight is 537 g/mol. The predicted octanol–water partition coefficient (Wildman–Crippen LogP) is 7.63. The number of fused-ring (bicyclic) bond motifs is 1. The van der Waals surface area contributed by atoms with Gasteiger partial charge in [-0.3, -0.25) is 0 Å². The molecule has 1 heterocycles. The standard InChI is InChI=1S/C37H29FN2O/c38-31-22-20-27(21-23-31)33-24-36(41,34-19-11-10-18-32(33)34)35-25-40(26-39-35)37(28-12-4-1-5-13-28,29-14-6-2-7-15-29)30-16-8-3-9-17-30/h1-23,25-26,33,41H,24H2. The molecule has 200 valence electrons. The Bertz CT molecular complexity index is 1690. The van der Waals surface area contributed by atoms with Gasteiger partial charge in [-0.1, -0.05) is 127 Å². The van der Waals surface area contributed by atoms with Gasteiger partial charge in [-0.05, 0) is 51.9 Å². The summed E-state index contributed by atoms with van der Waals surface area (Å²) in [6.45, 7) is 0. The van der Waals surface area contributed by atoms with Crippen molar-refractivity contribution in [1.29, 1.82) is 0 Å². The highest BCUT2D eigenvalue weighted by molar-refractivity contribution is 5.53. The number of aromatic nitrogens is 2. The number of rotatable bonds is 6. The molecule has 0 bridgehead atoms. The summed E-state index contributed by atoms with van der Waals surface area (Å²) in [5.41, 5.74) is 4.67. The van der Waals surface area contributed by atoms with Crippen LogP contribution in [0.2, 0.25) is 0 Å². The molecule has 0 spiro atoms. The van der Waals surface area contributed by atoms with Crippen molar-refractivity contribution in [3.05, 3.63) is 197 Å². The Labute approximate surface area is 239 Å². The number of hydrogen-bond acceptors (Lipinski definition) is 2. The Balaban J connectivity index is 1.42. The monoisotopic (exact) mass is 536 g/mol. The topological polar surface area (TPSA) is 38.0 Å². The maximum atomic E-state index is 13.8. The lowest BCUT2D eigenvalue weighted by molar-refractivity contribution is 0.0753. The quantitative estimate of drug-likeness (QED) is 0.222. The minimum Gasteiger partial charge on any atom is -0.379 e. The van der Waals surface area contributed by atoms with Crippen LogP contribution < -0.4 is 0 Å². The number of nitrogens with zero attached hydrogens (tertiary/aromatic N) is 2. The van der Waals surface area contributed by atoms with Crippen molar-refractivity contribution in [2.45, 2.75) is 23.5 Å². The Morgan fingerprint density at radius 3 is 1.76 bits per heavy atom. The summed E-state index contributed by atoms with van der Waals surface area (Å²) in [4.78, 5) is 4.91. The summed E-state index contributed by atoms with van der Waals surface area (Å²) in [5, 5.41) is 12.4. The summed E-state index contributed by atoms with van der Waals surface area (Å²) < 4.78 is 15.9. The minimum absolute atomic E-state index is 0.0796. The number of aliphatic hydroxyl groups is 1. The van der Waals surface area contributed by atoms with Crippen molar-refractivity contribution in [2.75, 3.05) is 0 Å². The van der Waals surface area contributed by atoms with E-state index in [4.69, 9.17) is 4.98 Å². The average Bonchev–Trinajstić information content (AvgIpc) is 3.65. The van der Waals surface area contributed by atoms with Crippen LogP contribution in [0.5, 0.6) is 0 Å². The van der Waals surface area contributed by atoms with E-state index in [-0.39, 0.29) is 11.7 Å². The second-order valence-electron chi connectivity index (χ2n) is 10.7. The number of imidazole rings is 1. The third-order valence-electron chi connectivity index (χ3n) is 8.52. The first-order chi connectivity index (χ1) is 20.1. The molecule has 0 saturated carbocycles. The molecule has 41 heavy (non-hydrogen) atoms. The molecule has 5 aromatic carbocycles. The molecule has 7 rings (SSSR count). The fourth-order valence-electron chi connectivity index (χ4n) is 6.63. The largest absolute Gasteiger partial charge is 0.379 e. The fourth-order valence-corrected chi connectivity index (χ4v) is 6.63. The first-order valence-corrected chi connectivity index (χ1v) is 13.9. The van der Waals surface area contributed by atoms with Crippen molar-refractivity contribution in [3.8, 4) is 0 Å². The van der Waals surface area contributed by atoms with Crippen LogP contribution in [-0.4, -0.2) is 14.7 Å². The van der Waals surface area contributed by atoms with Crippen molar-refractivity contribution in [1.82, 2.24) is 9.55 Å². The molecule has 0 amide bonds. The highest BCUT2D eigenvalue weighted by Crippen LogP contribution is 2.51. The van der Waals surface area contributed by atoms with E-state index in [1.807, 2.05) is 61.1 Å². The summed E-state index contributed by atoms with van der Waals surface area (Å²) in [7, 11) is 0. The van der Waals surface area contributed by atoms with Crippen LogP contribution in [0.4, 0.5) is 4.39 Å². The molecule has 1 aliphatic carbocycles. The molecular weight excluding hydrogens is 507 g/mol. The molecule has 1 aliphatic rings. The second kappa shape index (κ2) is 9.99. The predicted molar refractivity (Wildman–Crippen MR) is 159 cm³/mol. The zero-order chi connectivity index (χ0) is 27.9. The lowest BCUT2D eigenvalue weighted by atomic mass is 9.76. The van der Waals surface area contributed by atoms with Crippen LogP contribution in [0, 0.1) is 5.82 Å². The first-order valence-electron chi connectivity index (χ1n) is 13.9. The van der Waals surface area contributed by atoms with E-state index in [1.54, 1.807) is 0 Å². The van der Waals surface area contributed by atoms with Crippen molar-refractivity contribution in [2.24, 2.45) is 0 Å². The molecule has 2 atom stereocenters. The van der Waals surface area contributed by atoms with Gasteiger partial charge in [-0.25, -0.2) is 9.37 Å². The SMILES string of the molecule is OC1(c2cn(C(c3ccccc3)(c3ccccc3)c3ccccc3)cn2)CC(c2ccc(F)cc2)c2ccccc21. The number of halogens is 1. The van der Waals surface area contributed by atoms with Crippen LogP contribution in [0.1, 0.15) is 51.4 Å². The minimum atomic E-state index is -1.31. The Morgan fingerprint density at radius 2 is 1.20 bits per heavy atom. The van der Waals surface area contributed by atoms with Crippen LogP contribution in [0.25, 0.3) is 0 Å². The number of benzene rings is 5. The zero-order valence-electron chi connectivity index (χ0n) is 22.4. The third-order valence-corrected chi connectivity index (χ3v) is 8.52. The van der Waals surface area contributed by atoms with Gasteiger partial charge in [-0.15, -0.1) is 0 Å². The van der Waals surface area contributed by atoms with E-state index in [0.717, 1.165) is 33.4 Å². The van der Waals surface area contributed by atoms with Gasteiger partial charge in [0.15, 0.2) is 0 Å². The van der Waals surface area contributed by atoms with Crippen LogP contribution in [0.15, 0.2) is 152 Å². The van der Waals surface area contributed by atoms with E-state index in [0.29, 0.717) is 12.1 Å². The smallest absolute Gasteiger partial charge is 0.134 e. The maximum absolute atomic E-state index is 13.8. The Hall–Kier alpha value is -4.80. The fraction of sp³-hybridized carbons (Fsp3) is 0.108. The molecule has 4 heteroatoms. The summed E-state index contributed by atoms with van der Waals surface area (Å²) in [6, 6.07) is 45.9. The molecule has 6 aromatic rings. The summed E-state index contributed by atoms with van der Waals surface area (Å²) in [6.07, 6.45) is 4.26. The van der Waals surface area contributed by atoms with Crippen LogP contribution in [0.3, 0.4) is 0 Å². The zero-order valence-corrected chi connectivity index (χ0v) is 22.4. The van der Waals surface area contributed by atoms with Crippen LogP contribution >= 0.6 is 0 Å². The van der Waals surface area contributed by atoms with E-state index in [9.17, 15) is 9.50 Å². The van der Waals surface area contributed by atoms with E-state index in [2.05, 4.69) is 83.4 Å². The highest BCUT2D eigenvalue weighted by atomic mass is 19.1. The van der Waals surface area contributed by atoms with Crippen molar-refractivity contribution < 1.29 is 9.50 Å². The van der Waals surface area contributed by atoms with Gasteiger partial charge in [0.25, 0.3) is 0 Å². The highest BCUT2D eigenvalue weighted by Gasteiger charge is 2.47. The van der Waals surface area contributed by atoms with E-state index in [1.165, 1.54) is 12.1 Å². The molecule has 0 fully saturated rings. The molecule has 3 nitrogen and oxygen atoms in total. The van der Waals surface area contributed by atoms with Gasteiger partial charge in [0.1, 0.15) is 17.0 Å². The van der Waals surface area contributed by atoms with Gasteiger partial charge in [0.2, 0.25) is 0 Å². The summed E-state index contributed by atoms with van der Waals surface area (Å²) >= 11 is 0. The lowest BCUT2D eigenvalue weighted by Crippen LogP contribution is -2.37. The first kappa shape index (κ1) is 25.2. The van der Waals surface area contributed by atoms with E-state index < -0.39 is 11.1 Å². The molecule has 1 N–H and O–H groups in total. The second-order valence-corrected chi connectivity index (χ2v) is 10.7. The normalized spacial score (nSPS) is 18.2. The lowest BCUT2D eigenvalue weighted by Gasteiger charge is -2.37. The number of hydrogen-bond donors (Lipinski definition) is 1. The van der Waals surface area contributed by atoms with Crippen molar-refractivity contribution >= 4 is 0 Å². The molecule has 2 unspecified atom stereocenters. The maximum Gasteiger partial charge on any atom is 0.134 e. The van der Waals surface area contributed by atoms with Gasteiger partial charge < -0.3 is 9.67 Å². The van der Waals surface area contributed by atoms with Gasteiger partial charge >= 0.3 is 0 Å². The van der Waals surface area contributed by atoms with Gasteiger partial charge in [0.05, 0.1) is 12.0 Å². The Kier molecular flexibility index (Phi) is 6.14. The van der Waals surface area contributed by atoms with Crippen molar-refractivity contribution in [3.63, 3.8) is 0 Å².